The van der Waals surface area contributed by atoms with Crippen LogP contribution < -0.4 is 0 Å². The van der Waals surface area contributed by atoms with Crippen molar-refractivity contribution in [2.45, 2.75) is 40.4 Å². The Kier molecular flexibility index (Phi) is 10.2. The number of hydrogen-bond acceptors (Lipinski definition) is 7. The van der Waals surface area contributed by atoms with E-state index in [0.29, 0.717) is 39.3 Å². The van der Waals surface area contributed by atoms with E-state index in [1.807, 2.05) is 94.0 Å². The Labute approximate surface area is 202 Å². The summed E-state index contributed by atoms with van der Waals surface area (Å²) in [5.41, 5.74) is 5.94. The van der Waals surface area contributed by atoms with Crippen molar-refractivity contribution in [2.75, 3.05) is 19.6 Å². The molecule has 0 atom stereocenters. The Morgan fingerprint density at radius 3 is 1.18 bits per heavy atom. The van der Waals surface area contributed by atoms with Gasteiger partial charge in [0, 0.05) is 55.4 Å². The molecule has 0 aromatic carbocycles. The second-order valence-corrected chi connectivity index (χ2v) is 8.10. The third kappa shape index (κ3) is 9.50. The van der Waals surface area contributed by atoms with Gasteiger partial charge < -0.3 is 0 Å². The molecule has 3 aromatic heterocycles. The van der Waals surface area contributed by atoms with Crippen LogP contribution in [-0.4, -0.2) is 58.1 Å². The van der Waals surface area contributed by atoms with Crippen LogP contribution in [0.15, 0.2) is 69.6 Å². The number of aromatic nitrogens is 3. The number of rotatable bonds is 12. The van der Waals surface area contributed by atoms with Gasteiger partial charge in [-0.25, -0.2) is 0 Å². The van der Waals surface area contributed by atoms with Gasteiger partial charge in [-0.05, 0) is 57.2 Å². The van der Waals surface area contributed by atoms with Crippen molar-refractivity contribution in [1.29, 1.82) is 0 Å². The van der Waals surface area contributed by atoms with Gasteiger partial charge in [-0.15, -0.1) is 0 Å². The summed E-state index contributed by atoms with van der Waals surface area (Å²) in [4.78, 5) is 29.4. The lowest BCUT2D eigenvalue weighted by atomic mass is 10.3. The van der Waals surface area contributed by atoms with E-state index in [1.165, 1.54) is 0 Å². The van der Waals surface area contributed by atoms with Gasteiger partial charge in [-0.3, -0.25) is 34.8 Å². The molecular weight excluding hydrogens is 422 g/mol. The minimum absolute atomic E-state index is 0.579. The average molecular weight is 456 g/mol. The van der Waals surface area contributed by atoms with E-state index < -0.39 is 0 Å². The van der Waals surface area contributed by atoms with Crippen molar-refractivity contribution in [3.63, 3.8) is 0 Å². The Morgan fingerprint density at radius 1 is 0.559 bits per heavy atom. The standard InChI is InChI=1S/C27H33N7/c1-22-7-4-10-25(31-22)19-28-13-16-34(17-14-29-20-26-11-5-8-23(2)32-26)18-15-30-21-27-12-6-9-24(3)33-27/h4-15H,16-21H2,1-3H3. The second-order valence-electron chi connectivity index (χ2n) is 8.10. The molecule has 7 nitrogen and oxygen atoms in total. The molecule has 0 spiro atoms. The van der Waals surface area contributed by atoms with Crippen molar-refractivity contribution in [3.05, 3.63) is 88.8 Å². The Balaban J connectivity index is 1.53. The first kappa shape index (κ1) is 25.1. The van der Waals surface area contributed by atoms with Gasteiger partial charge in [0.1, 0.15) is 0 Å². The molecule has 3 heterocycles. The van der Waals surface area contributed by atoms with Crippen LogP contribution in [0.5, 0.6) is 0 Å². The molecule has 0 N–H and O–H groups in total. The highest BCUT2D eigenvalue weighted by atomic mass is 15.1. The predicted molar refractivity (Wildman–Crippen MR) is 140 cm³/mol. The van der Waals surface area contributed by atoms with Crippen LogP contribution in [0.2, 0.25) is 0 Å². The molecule has 7 heteroatoms. The zero-order valence-electron chi connectivity index (χ0n) is 20.3. The molecule has 0 fully saturated rings. The normalized spacial score (nSPS) is 12.0. The first-order valence-corrected chi connectivity index (χ1v) is 11.5. The van der Waals surface area contributed by atoms with Crippen LogP contribution in [0.3, 0.4) is 0 Å². The van der Waals surface area contributed by atoms with Crippen molar-refractivity contribution in [3.8, 4) is 0 Å². The molecule has 0 aliphatic heterocycles. The fourth-order valence-corrected chi connectivity index (χ4v) is 3.28. The maximum absolute atomic E-state index is 4.56. The van der Waals surface area contributed by atoms with Crippen molar-refractivity contribution in [1.82, 2.24) is 19.9 Å². The van der Waals surface area contributed by atoms with Crippen molar-refractivity contribution >= 4 is 18.6 Å². The van der Waals surface area contributed by atoms with E-state index in [0.717, 1.165) is 34.2 Å². The lowest BCUT2D eigenvalue weighted by Gasteiger charge is -2.15. The van der Waals surface area contributed by atoms with Crippen LogP contribution in [-0.2, 0) is 19.6 Å². The number of nitrogens with zero attached hydrogens (tertiary/aromatic N) is 7. The van der Waals surface area contributed by atoms with Gasteiger partial charge in [0.15, 0.2) is 0 Å². The van der Waals surface area contributed by atoms with E-state index in [4.69, 9.17) is 0 Å². The SMILES string of the molecule is Cc1cccc(CN=CCN(CC=NCc2cccc(C)n2)CC=NCc2cccc(C)n2)n1. The van der Waals surface area contributed by atoms with Gasteiger partial charge in [0.2, 0.25) is 0 Å². The summed E-state index contributed by atoms with van der Waals surface area (Å²) in [5, 5.41) is 0. The Bertz CT molecular complexity index is 980. The highest BCUT2D eigenvalue weighted by Gasteiger charge is 2.01. The summed E-state index contributed by atoms with van der Waals surface area (Å²) in [7, 11) is 0. The molecule has 3 aromatic rings. The molecule has 0 saturated carbocycles. The third-order valence-electron chi connectivity index (χ3n) is 5.00. The molecule has 176 valence electrons. The lowest BCUT2D eigenvalue weighted by molar-refractivity contribution is 0.414. The van der Waals surface area contributed by atoms with Gasteiger partial charge >= 0.3 is 0 Å². The number of aryl methyl sites for hydroxylation is 3. The first-order chi connectivity index (χ1) is 16.6. The Morgan fingerprint density at radius 2 is 0.882 bits per heavy atom. The average Bonchev–Trinajstić information content (AvgIpc) is 2.82. The monoisotopic (exact) mass is 455 g/mol. The fourth-order valence-electron chi connectivity index (χ4n) is 3.28. The molecule has 0 aliphatic carbocycles. The minimum Gasteiger partial charge on any atom is -0.290 e. The first-order valence-electron chi connectivity index (χ1n) is 11.5. The molecule has 0 radical (unpaired) electrons. The highest BCUT2D eigenvalue weighted by Crippen LogP contribution is 2.01. The highest BCUT2D eigenvalue weighted by molar-refractivity contribution is 5.66. The molecule has 0 aliphatic rings. The van der Waals surface area contributed by atoms with Gasteiger partial charge in [-0.1, -0.05) is 18.2 Å². The van der Waals surface area contributed by atoms with E-state index in [2.05, 4.69) is 34.8 Å². The molecule has 3 rings (SSSR count). The van der Waals surface area contributed by atoms with Gasteiger partial charge in [-0.2, -0.15) is 0 Å². The maximum Gasteiger partial charge on any atom is 0.0808 e. The van der Waals surface area contributed by atoms with Crippen LogP contribution in [0.4, 0.5) is 0 Å². The summed E-state index contributed by atoms with van der Waals surface area (Å²) >= 11 is 0. The smallest absolute Gasteiger partial charge is 0.0808 e. The summed E-state index contributed by atoms with van der Waals surface area (Å²) in [6.07, 6.45) is 5.82. The molecule has 34 heavy (non-hydrogen) atoms. The predicted octanol–water partition coefficient (Wildman–Crippen LogP) is 4.21. The molecular formula is C27H33N7. The summed E-state index contributed by atoms with van der Waals surface area (Å²) < 4.78 is 0. The van der Waals surface area contributed by atoms with Gasteiger partial charge in [0.25, 0.3) is 0 Å². The van der Waals surface area contributed by atoms with Crippen molar-refractivity contribution in [2.24, 2.45) is 15.0 Å². The van der Waals surface area contributed by atoms with Crippen LogP contribution in [0.1, 0.15) is 34.2 Å². The Hall–Kier alpha value is -3.58. The summed E-state index contributed by atoms with van der Waals surface area (Å²) in [6, 6.07) is 18.0. The zero-order chi connectivity index (χ0) is 24.0. The molecule has 0 amide bonds. The number of hydrogen-bond donors (Lipinski definition) is 0. The largest absolute Gasteiger partial charge is 0.290 e. The van der Waals surface area contributed by atoms with Crippen LogP contribution >= 0.6 is 0 Å². The lowest BCUT2D eigenvalue weighted by Crippen LogP contribution is -2.29. The second kappa shape index (κ2) is 13.9. The van der Waals surface area contributed by atoms with E-state index in [1.54, 1.807) is 0 Å². The number of pyridine rings is 3. The van der Waals surface area contributed by atoms with E-state index in [-0.39, 0.29) is 0 Å². The van der Waals surface area contributed by atoms with Gasteiger partial charge in [0.05, 0.1) is 36.7 Å². The topological polar surface area (TPSA) is 79.0 Å². The third-order valence-corrected chi connectivity index (χ3v) is 5.00. The quantitative estimate of drug-likeness (QED) is 0.383. The van der Waals surface area contributed by atoms with Crippen molar-refractivity contribution < 1.29 is 0 Å². The molecule has 0 saturated heterocycles. The fraction of sp³-hybridized carbons (Fsp3) is 0.333. The summed E-state index contributed by atoms with van der Waals surface area (Å²) in [5.74, 6) is 0. The molecule has 0 unspecified atom stereocenters. The maximum atomic E-state index is 4.56. The van der Waals surface area contributed by atoms with Crippen LogP contribution in [0, 0.1) is 20.8 Å². The van der Waals surface area contributed by atoms with E-state index in [9.17, 15) is 0 Å². The number of aliphatic imine (C=N–C) groups is 3. The zero-order valence-corrected chi connectivity index (χ0v) is 20.3. The van der Waals surface area contributed by atoms with E-state index >= 15 is 0 Å². The minimum atomic E-state index is 0.579. The molecule has 0 bridgehead atoms. The summed E-state index contributed by atoms with van der Waals surface area (Å²) in [6.45, 7) is 9.82. The van der Waals surface area contributed by atoms with Crippen LogP contribution in [0.25, 0.3) is 0 Å².